The van der Waals surface area contributed by atoms with Crippen molar-refractivity contribution < 1.29 is 19.1 Å². The Hall–Kier alpha value is -1.85. The summed E-state index contributed by atoms with van der Waals surface area (Å²) in [6.45, 7) is 0.828. The van der Waals surface area contributed by atoms with Crippen LogP contribution in [0, 0.1) is 11.3 Å². The summed E-state index contributed by atoms with van der Waals surface area (Å²) in [6, 6.07) is 0. The zero-order valence-corrected chi connectivity index (χ0v) is 12.5. The van der Waals surface area contributed by atoms with Gasteiger partial charge < -0.3 is 14.4 Å². The van der Waals surface area contributed by atoms with Crippen LogP contribution in [0.3, 0.4) is 0 Å². The van der Waals surface area contributed by atoms with Crippen LogP contribution in [0.4, 0.5) is 0 Å². The summed E-state index contributed by atoms with van der Waals surface area (Å²) in [5.41, 5.74) is -0.433. The number of hydrogen-bond acceptors (Lipinski definition) is 4. The molecule has 1 N–H and O–H groups in total. The number of amides is 1. The van der Waals surface area contributed by atoms with E-state index < -0.39 is 11.4 Å². The maximum absolute atomic E-state index is 12.6. The summed E-state index contributed by atoms with van der Waals surface area (Å²) >= 11 is 0. The molecule has 118 valence electrons. The summed E-state index contributed by atoms with van der Waals surface area (Å²) in [7, 11) is 0. The largest absolute Gasteiger partial charge is 0.481 e. The van der Waals surface area contributed by atoms with Crippen molar-refractivity contribution in [3.8, 4) is 0 Å². The lowest BCUT2D eigenvalue weighted by molar-refractivity contribution is -0.152. The van der Waals surface area contributed by atoms with E-state index >= 15 is 0 Å². The number of aliphatic carboxylic acids is 1. The molecule has 3 aliphatic rings. The SMILES string of the molecule is O=C(c1coc(C2CC2)n1)N1C[C@H]2CCCC[C@@]2(C(=O)O)C1. The Morgan fingerprint density at radius 1 is 1.32 bits per heavy atom. The minimum atomic E-state index is -0.758. The zero-order valence-electron chi connectivity index (χ0n) is 12.5. The smallest absolute Gasteiger partial charge is 0.311 e. The number of carbonyl (C=O) groups is 2. The molecule has 0 spiro atoms. The summed E-state index contributed by atoms with van der Waals surface area (Å²) in [5.74, 6) is 0.135. The van der Waals surface area contributed by atoms with Crippen molar-refractivity contribution in [2.24, 2.45) is 11.3 Å². The average Bonchev–Trinajstić information content (AvgIpc) is 3.11. The molecule has 6 nitrogen and oxygen atoms in total. The van der Waals surface area contributed by atoms with Crippen molar-refractivity contribution >= 4 is 11.9 Å². The summed E-state index contributed by atoms with van der Waals surface area (Å²) < 4.78 is 5.39. The molecule has 2 aliphatic carbocycles. The first kappa shape index (κ1) is 13.8. The Bertz CT molecular complexity index is 621. The van der Waals surface area contributed by atoms with Crippen molar-refractivity contribution in [1.82, 2.24) is 9.88 Å². The van der Waals surface area contributed by atoms with Crippen molar-refractivity contribution in [1.29, 1.82) is 0 Å². The van der Waals surface area contributed by atoms with E-state index in [1.54, 1.807) is 4.90 Å². The molecule has 3 fully saturated rings. The highest BCUT2D eigenvalue weighted by molar-refractivity contribution is 5.93. The molecule has 4 rings (SSSR count). The van der Waals surface area contributed by atoms with Crippen LogP contribution in [-0.4, -0.2) is 40.0 Å². The lowest BCUT2D eigenvalue weighted by atomic mass is 9.68. The van der Waals surface area contributed by atoms with Crippen LogP contribution in [0.25, 0.3) is 0 Å². The van der Waals surface area contributed by atoms with Crippen molar-refractivity contribution in [2.75, 3.05) is 13.1 Å². The van der Waals surface area contributed by atoms with E-state index in [4.69, 9.17) is 4.42 Å². The van der Waals surface area contributed by atoms with Gasteiger partial charge in [-0.25, -0.2) is 4.98 Å². The highest BCUT2D eigenvalue weighted by Gasteiger charge is 2.54. The fourth-order valence-corrected chi connectivity index (χ4v) is 4.03. The topological polar surface area (TPSA) is 83.6 Å². The standard InChI is InChI=1S/C16H20N2O4/c19-14(12-8-22-13(17-12)10-4-5-10)18-7-11-3-1-2-6-16(11,9-18)15(20)21/h8,10-11H,1-7,9H2,(H,20,21)/t11-,16-/m1/s1. The Balaban J connectivity index is 1.55. The first-order valence-electron chi connectivity index (χ1n) is 8.08. The van der Waals surface area contributed by atoms with E-state index in [9.17, 15) is 14.7 Å². The van der Waals surface area contributed by atoms with E-state index in [-0.39, 0.29) is 11.8 Å². The Kier molecular flexibility index (Phi) is 3.03. The van der Waals surface area contributed by atoms with Crippen LogP contribution in [0.2, 0.25) is 0 Å². The Morgan fingerprint density at radius 3 is 2.82 bits per heavy atom. The third kappa shape index (κ3) is 2.04. The number of rotatable bonds is 3. The average molecular weight is 304 g/mol. The lowest BCUT2D eigenvalue weighted by Crippen LogP contribution is -2.41. The number of hydrogen-bond donors (Lipinski definition) is 1. The van der Waals surface area contributed by atoms with Gasteiger partial charge in [-0.1, -0.05) is 12.8 Å². The number of oxazole rings is 1. The second-order valence-electron chi connectivity index (χ2n) is 6.93. The van der Waals surface area contributed by atoms with Gasteiger partial charge in [-0.05, 0) is 31.6 Å². The van der Waals surface area contributed by atoms with Gasteiger partial charge in [-0.2, -0.15) is 0 Å². The molecule has 1 aromatic rings. The van der Waals surface area contributed by atoms with Crippen LogP contribution in [0.1, 0.15) is 60.8 Å². The number of carbonyl (C=O) groups excluding carboxylic acids is 1. The van der Waals surface area contributed by atoms with Crippen LogP contribution in [0.15, 0.2) is 10.7 Å². The van der Waals surface area contributed by atoms with E-state index in [0.29, 0.717) is 37.0 Å². The molecule has 1 amide bonds. The first-order valence-corrected chi connectivity index (χ1v) is 8.08. The van der Waals surface area contributed by atoms with Gasteiger partial charge in [0.15, 0.2) is 11.6 Å². The summed E-state index contributed by atoms with van der Waals surface area (Å²) in [5, 5.41) is 9.68. The molecular formula is C16H20N2O4. The molecule has 0 aromatic carbocycles. The number of likely N-dealkylation sites (tertiary alicyclic amines) is 1. The minimum Gasteiger partial charge on any atom is -0.481 e. The normalized spacial score (nSPS) is 31.1. The third-order valence-electron chi connectivity index (χ3n) is 5.50. The van der Waals surface area contributed by atoms with Crippen molar-refractivity contribution in [3.05, 3.63) is 17.8 Å². The summed E-state index contributed by atoms with van der Waals surface area (Å²) in [6.07, 6.45) is 7.11. The van der Waals surface area contributed by atoms with Gasteiger partial charge in [0.1, 0.15) is 6.26 Å². The van der Waals surface area contributed by atoms with Crippen molar-refractivity contribution in [3.63, 3.8) is 0 Å². The number of nitrogens with zero attached hydrogens (tertiary/aromatic N) is 2. The molecule has 0 radical (unpaired) electrons. The van der Waals surface area contributed by atoms with Gasteiger partial charge in [-0.3, -0.25) is 9.59 Å². The molecule has 2 saturated carbocycles. The zero-order chi connectivity index (χ0) is 15.3. The number of carboxylic acid groups (broad SMARTS) is 1. The quantitative estimate of drug-likeness (QED) is 0.926. The second-order valence-corrected chi connectivity index (χ2v) is 6.93. The van der Waals surface area contributed by atoms with E-state index in [0.717, 1.165) is 32.1 Å². The monoisotopic (exact) mass is 304 g/mol. The highest BCUT2D eigenvalue weighted by atomic mass is 16.4. The first-order chi connectivity index (χ1) is 10.6. The number of aromatic nitrogens is 1. The number of carboxylic acids is 1. The molecule has 1 saturated heterocycles. The molecule has 6 heteroatoms. The maximum atomic E-state index is 12.6. The molecule has 0 bridgehead atoms. The van der Waals surface area contributed by atoms with Gasteiger partial charge in [-0.15, -0.1) is 0 Å². The van der Waals surface area contributed by atoms with Crippen LogP contribution >= 0.6 is 0 Å². The van der Waals surface area contributed by atoms with Gasteiger partial charge >= 0.3 is 5.97 Å². The maximum Gasteiger partial charge on any atom is 0.311 e. The van der Waals surface area contributed by atoms with Crippen LogP contribution < -0.4 is 0 Å². The highest BCUT2D eigenvalue weighted by Crippen LogP contribution is 2.47. The predicted molar refractivity (Wildman–Crippen MR) is 76.4 cm³/mol. The van der Waals surface area contributed by atoms with Crippen LogP contribution in [0.5, 0.6) is 0 Å². The van der Waals surface area contributed by atoms with Gasteiger partial charge in [0.05, 0.1) is 5.41 Å². The van der Waals surface area contributed by atoms with E-state index in [2.05, 4.69) is 4.98 Å². The molecule has 0 unspecified atom stereocenters. The van der Waals surface area contributed by atoms with E-state index in [1.165, 1.54) is 6.26 Å². The van der Waals surface area contributed by atoms with Crippen molar-refractivity contribution in [2.45, 2.75) is 44.4 Å². The molecule has 2 atom stereocenters. The predicted octanol–water partition coefficient (Wildman–Crippen LogP) is 2.27. The fraction of sp³-hybridized carbons (Fsp3) is 0.688. The Labute approximate surface area is 128 Å². The molecule has 2 heterocycles. The molecule has 1 aromatic heterocycles. The molecule has 1 aliphatic heterocycles. The van der Waals surface area contributed by atoms with E-state index in [1.807, 2.05) is 0 Å². The lowest BCUT2D eigenvalue weighted by Gasteiger charge is -2.33. The summed E-state index contributed by atoms with van der Waals surface area (Å²) in [4.78, 5) is 30.4. The fourth-order valence-electron chi connectivity index (χ4n) is 4.03. The van der Waals surface area contributed by atoms with Crippen LogP contribution in [-0.2, 0) is 4.79 Å². The van der Waals surface area contributed by atoms with Gasteiger partial charge in [0, 0.05) is 19.0 Å². The van der Waals surface area contributed by atoms with Gasteiger partial charge in [0.2, 0.25) is 0 Å². The third-order valence-corrected chi connectivity index (χ3v) is 5.50. The molecule has 22 heavy (non-hydrogen) atoms. The number of fused-ring (bicyclic) bond motifs is 1. The van der Waals surface area contributed by atoms with Gasteiger partial charge in [0.25, 0.3) is 5.91 Å². The molecular weight excluding hydrogens is 284 g/mol. The Morgan fingerprint density at radius 2 is 2.14 bits per heavy atom. The minimum absolute atomic E-state index is 0.0671. The second kappa shape index (κ2) is 4.83.